The van der Waals surface area contributed by atoms with E-state index in [0.29, 0.717) is 28.0 Å². The van der Waals surface area contributed by atoms with Gasteiger partial charge in [0.05, 0.1) is 0 Å². The minimum atomic E-state index is -0.294. The fourth-order valence-corrected chi connectivity index (χ4v) is 2.86. The van der Waals surface area contributed by atoms with Crippen LogP contribution in [0.4, 0.5) is 11.5 Å². The van der Waals surface area contributed by atoms with Gasteiger partial charge in [-0.2, -0.15) is 0 Å². The molecule has 6 heteroatoms. The molecular formula is C21H21ClN4O. The predicted molar refractivity (Wildman–Crippen MR) is 110 cm³/mol. The van der Waals surface area contributed by atoms with Crippen LogP contribution in [0.25, 0.3) is 0 Å². The molecule has 0 saturated heterocycles. The molecule has 0 atom stereocenters. The van der Waals surface area contributed by atoms with Gasteiger partial charge in [0.2, 0.25) is 0 Å². The van der Waals surface area contributed by atoms with Crippen LogP contribution in [0.1, 0.15) is 27.4 Å². The molecule has 2 aromatic carbocycles. The Morgan fingerprint density at radius 2 is 1.81 bits per heavy atom. The summed E-state index contributed by atoms with van der Waals surface area (Å²) in [5, 5.41) is 6.73. The molecule has 0 spiro atoms. The maximum absolute atomic E-state index is 12.6. The van der Waals surface area contributed by atoms with E-state index < -0.39 is 0 Å². The van der Waals surface area contributed by atoms with Gasteiger partial charge < -0.3 is 10.6 Å². The summed E-state index contributed by atoms with van der Waals surface area (Å²) in [4.78, 5) is 21.2. The van der Waals surface area contributed by atoms with Crippen molar-refractivity contribution in [3.8, 4) is 0 Å². The normalized spacial score (nSPS) is 10.5. The van der Waals surface area contributed by atoms with Gasteiger partial charge in [-0.1, -0.05) is 48.0 Å². The summed E-state index contributed by atoms with van der Waals surface area (Å²) >= 11 is 6.11. The molecule has 2 N–H and O–H groups in total. The van der Waals surface area contributed by atoms with E-state index in [1.54, 1.807) is 25.1 Å². The fraction of sp³-hybridized carbons (Fsp3) is 0.190. The second kappa shape index (κ2) is 8.64. The summed E-state index contributed by atoms with van der Waals surface area (Å²) in [6.07, 6.45) is 0.868. The fourth-order valence-electron chi connectivity index (χ4n) is 2.68. The van der Waals surface area contributed by atoms with Crippen LogP contribution < -0.4 is 10.6 Å². The molecule has 0 aliphatic carbocycles. The maximum Gasteiger partial charge on any atom is 0.274 e. The van der Waals surface area contributed by atoms with Gasteiger partial charge in [-0.25, -0.2) is 9.97 Å². The Morgan fingerprint density at radius 3 is 2.59 bits per heavy atom. The smallest absolute Gasteiger partial charge is 0.274 e. The number of anilines is 2. The molecule has 0 aliphatic rings. The van der Waals surface area contributed by atoms with Gasteiger partial charge in [-0.3, -0.25) is 4.79 Å². The van der Waals surface area contributed by atoms with Crippen molar-refractivity contribution in [2.24, 2.45) is 0 Å². The number of aromatic nitrogens is 2. The van der Waals surface area contributed by atoms with Crippen molar-refractivity contribution in [2.45, 2.75) is 20.3 Å². The first kappa shape index (κ1) is 18.9. The number of hydrogen-bond donors (Lipinski definition) is 2. The summed E-state index contributed by atoms with van der Waals surface area (Å²) in [6, 6.07) is 17.3. The lowest BCUT2D eigenvalue weighted by Gasteiger charge is -2.11. The quantitative estimate of drug-likeness (QED) is 0.653. The Hall–Kier alpha value is -2.92. The number of carbonyl (C=O) groups is 1. The number of rotatable bonds is 6. The van der Waals surface area contributed by atoms with Crippen LogP contribution in [0.2, 0.25) is 5.02 Å². The van der Waals surface area contributed by atoms with E-state index >= 15 is 0 Å². The zero-order chi connectivity index (χ0) is 19.2. The zero-order valence-corrected chi connectivity index (χ0v) is 16.0. The third-order valence-electron chi connectivity index (χ3n) is 4.15. The molecule has 0 bridgehead atoms. The molecule has 1 heterocycles. The number of nitrogens with one attached hydrogen (secondary N) is 2. The molecule has 3 rings (SSSR count). The second-order valence-electron chi connectivity index (χ2n) is 6.21. The standard InChI is InChI=1S/C21H21ClN4O/c1-14-17(22)9-6-10-18(14)26-21(27)19-13-20(25-15(2)24-19)23-12-11-16-7-4-3-5-8-16/h3-10,13H,11-12H2,1-2H3,(H,26,27)(H,23,24,25). The Balaban J connectivity index is 1.68. The van der Waals surface area contributed by atoms with Gasteiger partial charge in [-0.05, 0) is 43.5 Å². The van der Waals surface area contributed by atoms with E-state index in [1.165, 1.54) is 5.56 Å². The Morgan fingerprint density at radius 1 is 1.04 bits per heavy atom. The average molecular weight is 381 g/mol. The molecule has 1 amide bonds. The molecule has 0 fully saturated rings. The van der Waals surface area contributed by atoms with Crippen LogP contribution in [-0.2, 0) is 6.42 Å². The van der Waals surface area contributed by atoms with E-state index in [9.17, 15) is 4.79 Å². The molecule has 0 aliphatic heterocycles. The van der Waals surface area contributed by atoms with E-state index in [1.807, 2.05) is 31.2 Å². The molecule has 0 saturated carbocycles. The molecule has 1 aromatic heterocycles. The summed E-state index contributed by atoms with van der Waals surface area (Å²) in [5.74, 6) is 0.871. The first-order valence-corrected chi connectivity index (χ1v) is 9.10. The second-order valence-corrected chi connectivity index (χ2v) is 6.62. The van der Waals surface area contributed by atoms with Gasteiger partial charge in [0, 0.05) is 23.3 Å². The van der Waals surface area contributed by atoms with Gasteiger partial charge in [0.15, 0.2) is 0 Å². The van der Waals surface area contributed by atoms with Crippen LogP contribution in [0.15, 0.2) is 54.6 Å². The van der Waals surface area contributed by atoms with E-state index in [-0.39, 0.29) is 5.91 Å². The maximum atomic E-state index is 12.6. The van der Waals surface area contributed by atoms with Gasteiger partial charge in [0.1, 0.15) is 17.3 Å². The zero-order valence-electron chi connectivity index (χ0n) is 15.3. The lowest BCUT2D eigenvalue weighted by Crippen LogP contribution is -2.17. The SMILES string of the molecule is Cc1nc(NCCc2ccccc2)cc(C(=O)Nc2cccc(Cl)c2C)n1. The summed E-state index contributed by atoms with van der Waals surface area (Å²) in [5.41, 5.74) is 3.04. The van der Waals surface area contributed by atoms with Gasteiger partial charge >= 0.3 is 0 Å². The summed E-state index contributed by atoms with van der Waals surface area (Å²) in [7, 11) is 0. The number of benzene rings is 2. The highest BCUT2D eigenvalue weighted by molar-refractivity contribution is 6.31. The highest BCUT2D eigenvalue weighted by Crippen LogP contribution is 2.23. The molecule has 138 valence electrons. The van der Waals surface area contributed by atoms with Crippen molar-refractivity contribution in [1.29, 1.82) is 0 Å². The molecular weight excluding hydrogens is 360 g/mol. The Bertz CT molecular complexity index is 944. The van der Waals surface area contributed by atoms with Crippen LogP contribution in [-0.4, -0.2) is 22.4 Å². The lowest BCUT2D eigenvalue weighted by atomic mass is 10.1. The Labute approximate surface area is 163 Å². The van der Waals surface area contributed by atoms with Crippen LogP contribution in [0.5, 0.6) is 0 Å². The van der Waals surface area contributed by atoms with Gasteiger partial charge in [-0.15, -0.1) is 0 Å². The first-order valence-electron chi connectivity index (χ1n) is 8.73. The van der Waals surface area contributed by atoms with Crippen molar-refractivity contribution in [3.63, 3.8) is 0 Å². The first-order chi connectivity index (χ1) is 13.0. The molecule has 5 nitrogen and oxygen atoms in total. The van der Waals surface area contributed by atoms with Crippen LogP contribution in [0.3, 0.4) is 0 Å². The van der Waals surface area contributed by atoms with Crippen molar-refractivity contribution < 1.29 is 4.79 Å². The number of aryl methyl sites for hydroxylation is 1. The predicted octanol–water partition coefficient (Wildman–Crippen LogP) is 4.65. The number of amides is 1. The number of nitrogens with zero attached hydrogens (tertiary/aromatic N) is 2. The van der Waals surface area contributed by atoms with E-state index in [0.717, 1.165) is 18.5 Å². The largest absolute Gasteiger partial charge is 0.370 e. The van der Waals surface area contributed by atoms with Crippen molar-refractivity contribution in [2.75, 3.05) is 17.2 Å². The molecule has 0 unspecified atom stereocenters. The monoisotopic (exact) mass is 380 g/mol. The number of carbonyl (C=O) groups excluding carboxylic acids is 1. The summed E-state index contributed by atoms with van der Waals surface area (Å²) < 4.78 is 0. The molecule has 3 aromatic rings. The minimum absolute atomic E-state index is 0.294. The minimum Gasteiger partial charge on any atom is -0.370 e. The highest BCUT2D eigenvalue weighted by atomic mass is 35.5. The average Bonchev–Trinajstić information content (AvgIpc) is 2.66. The third kappa shape index (κ3) is 5.05. The van der Waals surface area contributed by atoms with Crippen molar-refractivity contribution in [1.82, 2.24) is 9.97 Å². The van der Waals surface area contributed by atoms with Crippen LogP contribution in [0, 0.1) is 13.8 Å². The van der Waals surface area contributed by atoms with Crippen molar-refractivity contribution in [3.05, 3.63) is 82.3 Å². The topological polar surface area (TPSA) is 66.9 Å². The molecule has 27 heavy (non-hydrogen) atoms. The highest BCUT2D eigenvalue weighted by Gasteiger charge is 2.13. The Kier molecular flexibility index (Phi) is 6.04. The number of hydrogen-bond acceptors (Lipinski definition) is 4. The van der Waals surface area contributed by atoms with Crippen LogP contribution >= 0.6 is 11.6 Å². The van der Waals surface area contributed by atoms with E-state index in [2.05, 4.69) is 32.7 Å². The summed E-state index contributed by atoms with van der Waals surface area (Å²) in [6.45, 7) is 4.35. The molecule has 0 radical (unpaired) electrons. The van der Waals surface area contributed by atoms with E-state index in [4.69, 9.17) is 11.6 Å². The lowest BCUT2D eigenvalue weighted by molar-refractivity contribution is 0.102. The van der Waals surface area contributed by atoms with Crippen molar-refractivity contribution >= 4 is 29.0 Å². The third-order valence-corrected chi connectivity index (χ3v) is 4.56. The number of halogens is 1. The van der Waals surface area contributed by atoms with Gasteiger partial charge in [0.25, 0.3) is 5.91 Å².